The first-order valence-corrected chi connectivity index (χ1v) is 6.43. The molecular formula is C15H13NO5. The van der Waals surface area contributed by atoms with E-state index in [1.54, 1.807) is 43.3 Å². The monoisotopic (exact) mass is 287 g/mol. The Morgan fingerprint density at radius 2 is 2.00 bits per heavy atom. The van der Waals surface area contributed by atoms with Crippen LogP contribution in [0.2, 0.25) is 0 Å². The predicted molar refractivity (Wildman–Crippen MR) is 73.6 cm³/mol. The fraction of sp³-hybridized carbons (Fsp3) is 0.200. The molecule has 1 atom stereocenters. The molecule has 21 heavy (non-hydrogen) atoms. The summed E-state index contributed by atoms with van der Waals surface area (Å²) in [7, 11) is 0. The number of para-hydroxylation sites is 2. The molecule has 0 fully saturated rings. The molecule has 1 N–H and O–H groups in total. The van der Waals surface area contributed by atoms with E-state index in [0.717, 1.165) is 0 Å². The third kappa shape index (κ3) is 2.35. The molecule has 1 aromatic heterocycles. The maximum atomic E-state index is 12.5. The van der Waals surface area contributed by atoms with Gasteiger partial charge >= 0.3 is 5.97 Å². The molecule has 108 valence electrons. The topological polar surface area (TPSA) is 80.0 Å². The Balaban J connectivity index is 2.00. The third-order valence-electron chi connectivity index (χ3n) is 3.25. The minimum atomic E-state index is -1.11. The number of hydrogen-bond acceptors (Lipinski definition) is 4. The first-order valence-electron chi connectivity index (χ1n) is 6.43. The molecule has 0 aliphatic carbocycles. The van der Waals surface area contributed by atoms with Gasteiger partial charge in [-0.05, 0) is 31.2 Å². The second-order valence-corrected chi connectivity index (χ2v) is 4.74. The molecule has 0 saturated heterocycles. The SMILES string of the molecule is Cc1ccc(C(=O)N2CC(C(=O)O)Oc3ccccc32)o1. The van der Waals surface area contributed by atoms with Crippen LogP contribution in [0.1, 0.15) is 16.3 Å². The maximum Gasteiger partial charge on any atom is 0.346 e. The lowest BCUT2D eigenvalue weighted by atomic mass is 10.1. The normalized spacial score (nSPS) is 17.0. The highest BCUT2D eigenvalue weighted by Gasteiger charge is 2.34. The number of anilines is 1. The van der Waals surface area contributed by atoms with Crippen molar-refractivity contribution >= 4 is 17.6 Å². The molecule has 6 nitrogen and oxygen atoms in total. The molecule has 0 spiro atoms. The van der Waals surface area contributed by atoms with Crippen LogP contribution in [0.15, 0.2) is 40.8 Å². The van der Waals surface area contributed by atoms with Gasteiger partial charge in [-0.2, -0.15) is 0 Å². The molecule has 2 aromatic rings. The number of carboxylic acids is 1. The molecule has 1 aromatic carbocycles. The summed E-state index contributed by atoms with van der Waals surface area (Å²) in [6, 6.07) is 10.1. The molecule has 0 bridgehead atoms. The van der Waals surface area contributed by atoms with Gasteiger partial charge in [0.05, 0.1) is 12.2 Å². The van der Waals surface area contributed by atoms with Crippen molar-refractivity contribution in [2.45, 2.75) is 13.0 Å². The Labute approximate surface area is 120 Å². The summed E-state index contributed by atoms with van der Waals surface area (Å²) in [6.45, 7) is 1.68. The van der Waals surface area contributed by atoms with Crippen molar-refractivity contribution in [3.63, 3.8) is 0 Å². The number of amides is 1. The zero-order chi connectivity index (χ0) is 15.0. The number of carbonyl (C=O) groups is 2. The third-order valence-corrected chi connectivity index (χ3v) is 3.25. The largest absolute Gasteiger partial charge is 0.478 e. The fourth-order valence-electron chi connectivity index (χ4n) is 2.24. The average molecular weight is 287 g/mol. The van der Waals surface area contributed by atoms with E-state index in [9.17, 15) is 9.59 Å². The number of hydrogen-bond donors (Lipinski definition) is 1. The number of aryl methyl sites for hydroxylation is 1. The zero-order valence-electron chi connectivity index (χ0n) is 11.3. The predicted octanol–water partition coefficient (Wildman–Crippen LogP) is 2.08. The van der Waals surface area contributed by atoms with Gasteiger partial charge in [0.15, 0.2) is 5.76 Å². The van der Waals surface area contributed by atoms with Gasteiger partial charge in [0, 0.05) is 0 Å². The summed E-state index contributed by atoms with van der Waals surface area (Å²) in [5.74, 6) is -0.334. The number of nitrogens with zero attached hydrogens (tertiary/aromatic N) is 1. The van der Waals surface area contributed by atoms with Gasteiger partial charge in [-0.3, -0.25) is 9.69 Å². The van der Waals surface area contributed by atoms with Crippen LogP contribution in [0.25, 0.3) is 0 Å². The van der Waals surface area contributed by atoms with Gasteiger partial charge in [-0.25, -0.2) is 4.79 Å². The van der Waals surface area contributed by atoms with Crippen LogP contribution in [0.4, 0.5) is 5.69 Å². The summed E-state index contributed by atoms with van der Waals surface area (Å²) in [4.78, 5) is 25.1. The number of carbonyl (C=O) groups excluding carboxylic acids is 1. The van der Waals surface area contributed by atoms with Crippen LogP contribution >= 0.6 is 0 Å². The maximum absolute atomic E-state index is 12.5. The second-order valence-electron chi connectivity index (χ2n) is 4.74. The van der Waals surface area contributed by atoms with E-state index in [1.165, 1.54) is 4.90 Å². The zero-order valence-corrected chi connectivity index (χ0v) is 11.3. The molecule has 3 rings (SSSR count). The van der Waals surface area contributed by atoms with E-state index >= 15 is 0 Å². The van der Waals surface area contributed by atoms with Crippen molar-refractivity contribution in [1.82, 2.24) is 0 Å². The standard InChI is InChI=1S/C15H13NO5/c1-9-6-7-12(20-9)14(17)16-8-13(15(18)19)21-11-5-3-2-4-10(11)16/h2-7,13H,8H2,1H3,(H,18,19). The van der Waals surface area contributed by atoms with Crippen LogP contribution < -0.4 is 9.64 Å². The number of fused-ring (bicyclic) bond motifs is 1. The highest BCUT2D eigenvalue weighted by atomic mass is 16.5. The highest BCUT2D eigenvalue weighted by molar-refractivity contribution is 6.06. The van der Waals surface area contributed by atoms with E-state index < -0.39 is 12.1 Å². The Kier molecular flexibility index (Phi) is 3.13. The van der Waals surface area contributed by atoms with Gasteiger partial charge in [-0.15, -0.1) is 0 Å². The van der Waals surface area contributed by atoms with Crippen LogP contribution in [0.3, 0.4) is 0 Å². The van der Waals surface area contributed by atoms with E-state index in [2.05, 4.69) is 0 Å². The van der Waals surface area contributed by atoms with Crippen molar-refractivity contribution in [2.75, 3.05) is 11.4 Å². The molecule has 1 amide bonds. The molecule has 6 heteroatoms. The molecule has 1 aliphatic heterocycles. The van der Waals surface area contributed by atoms with E-state index in [0.29, 0.717) is 17.2 Å². The van der Waals surface area contributed by atoms with E-state index in [4.69, 9.17) is 14.3 Å². The van der Waals surface area contributed by atoms with Crippen molar-refractivity contribution in [1.29, 1.82) is 0 Å². The molecule has 1 aliphatic rings. The lowest BCUT2D eigenvalue weighted by Crippen LogP contribution is -2.47. The Hall–Kier alpha value is -2.76. The van der Waals surface area contributed by atoms with Crippen molar-refractivity contribution in [2.24, 2.45) is 0 Å². The van der Waals surface area contributed by atoms with Crippen molar-refractivity contribution in [3.8, 4) is 5.75 Å². The average Bonchev–Trinajstić information content (AvgIpc) is 2.92. The Morgan fingerprint density at radius 1 is 1.24 bits per heavy atom. The number of rotatable bonds is 2. The Morgan fingerprint density at radius 3 is 2.67 bits per heavy atom. The van der Waals surface area contributed by atoms with Crippen LogP contribution in [-0.2, 0) is 4.79 Å². The highest BCUT2D eigenvalue weighted by Crippen LogP contribution is 2.34. The molecule has 1 unspecified atom stereocenters. The molecule has 0 radical (unpaired) electrons. The summed E-state index contributed by atoms with van der Waals surface area (Å²) < 4.78 is 10.7. The minimum Gasteiger partial charge on any atom is -0.478 e. The lowest BCUT2D eigenvalue weighted by molar-refractivity contribution is -0.144. The quantitative estimate of drug-likeness (QED) is 0.914. The fourth-order valence-corrected chi connectivity index (χ4v) is 2.24. The number of benzene rings is 1. The first-order chi connectivity index (χ1) is 10.1. The van der Waals surface area contributed by atoms with Crippen LogP contribution in [0.5, 0.6) is 5.75 Å². The molecule has 2 heterocycles. The molecular weight excluding hydrogens is 274 g/mol. The van der Waals surface area contributed by atoms with Gasteiger partial charge in [-0.1, -0.05) is 12.1 Å². The number of furan rings is 1. The summed E-state index contributed by atoms with van der Waals surface area (Å²) in [5.41, 5.74) is 0.536. The van der Waals surface area contributed by atoms with Gasteiger partial charge in [0.1, 0.15) is 11.5 Å². The first kappa shape index (κ1) is 13.2. The summed E-state index contributed by atoms with van der Waals surface area (Å²) >= 11 is 0. The smallest absolute Gasteiger partial charge is 0.346 e. The Bertz CT molecular complexity index is 706. The van der Waals surface area contributed by atoms with E-state index in [-0.39, 0.29) is 18.2 Å². The second kappa shape index (κ2) is 4.97. The van der Waals surface area contributed by atoms with Gasteiger partial charge in [0.2, 0.25) is 6.10 Å². The summed E-state index contributed by atoms with van der Waals surface area (Å²) in [5, 5.41) is 9.15. The number of aliphatic carboxylic acids is 1. The van der Waals surface area contributed by atoms with E-state index in [1.807, 2.05) is 0 Å². The van der Waals surface area contributed by atoms with Crippen molar-refractivity contribution in [3.05, 3.63) is 47.9 Å². The van der Waals surface area contributed by atoms with Crippen LogP contribution in [0, 0.1) is 6.92 Å². The molecule has 0 saturated carbocycles. The number of ether oxygens (including phenoxy) is 1. The minimum absolute atomic E-state index is 0.0646. The summed E-state index contributed by atoms with van der Waals surface area (Å²) in [6.07, 6.45) is -1.10. The van der Waals surface area contributed by atoms with Crippen molar-refractivity contribution < 1.29 is 23.8 Å². The lowest BCUT2D eigenvalue weighted by Gasteiger charge is -2.32. The van der Waals surface area contributed by atoms with Crippen LogP contribution in [-0.4, -0.2) is 29.6 Å². The number of carboxylic acid groups (broad SMARTS) is 1. The van der Waals surface area contributed by atoms with Gasteiger partial charge in [0.25, 0.3) is 5.91 Å². The van der Waals surface area contributed by atoms with Gasteiger partial charge < -0.3 is 14.3 Å².